The number of rotatable bonds is 6. The molecule has 1 fully saturated rings. The maximum absolute atomic E-state index is 12.1. The van der Waals surface area contributed by atoms with Gasteiger partial charge in [0.15, 0.2) is 0 Å². The molecule has 1 aliphatic heterocycles. The number of hydrogen-bond donors (Lipinski definition) is 2. The Morgan fingerprint density at radius 1 is 1.14 bits per heavy atom. The molecule has 0 bridgehead atoms. The zero-order valence-corrected chi connectivity index (χ0v) is 17.3. The van der Waals surface area contributed by atoms with Crippen molar-refractivity contribution in [3.05, 3.63) is 66.0 Å². The van der Waals surface area contributed by atoms with E-state index in [1.807, 2.05) is 24.5 Å². The minimum atomic E-state index is 0. The molecular weight excluding hydrogens is 395 g/mol. The first-order chi connectivity index (χ1) is 12.8. The molecule has 0 spiro atoms. The van der Waals surface area contributed by atoms with E-state index >= 15 is 0 Å². The third kappa shape index (κ3) is 5.47. The van der Waals surface area contributed by atoms with Crippen LogP contribution >= 0.6 is 24.8 Å². The van der Waals surface area contributed by atoms with Gasteiger partial charge in [-0.1, -0.05) is 36.4 Å². The Balaban J connectivity index is 0.00000140. The van der Waals surface area contributed by atoms with Crippen molar-refractivity contribution in [3.8, 4) is 0 Å². The quantitative estimate of drug-likeness (QED) is 0.639. The molecule has 7 heteroatoms. The summed E-state index contributed by atoms with van der Waals surface area (Å²) in [5, 5.41) is 6.41. The first-order valence-electron chi connectivity index (χ1n) is 9.26. The summed E-state index contributed by atoms with van der Waals surface area (Å²) in [5.41, 5.74) is 4.48. The van der Waals surface area contributed by atoms with E-state index in [4.69, 9.17) is 0 Å². The molecule has 1 saturated heterocycles. The number of aromatic nitrogens is 2. The van der Waals surface area contributed by atoms with Crippen molar-refractivity contribution < 1.29 is 4.79 Å². The van der Waals surface area contributed by atoms with Crippen molar-refractivity contribution in [3.63, 3.8) is 0 Å². The molecule has 150 valence electrons. The number of benzene rings is 2. The molecule has 5 nitrogen and oxygen atoms in total. The van der Waals surface area contributed by atoms with Crippen LogP contribution in [-0.2, 0) is 17.9 Å². The SMILES string of the molecule is Cl.Cl.O=C(CC1CCCN1)NCc1cccc(Cn2cnc3ccccc32)c1. The van der Waals surface area contributed by atoms with Crippen molar-refractivity contribution in [1.29, 1.82) is 0 Å². The van der Waals surface area contributed by atoms with E-state index < -0.39 is 0 Å². The third-order valence-corrected chi connectivity index (χ3v) is 4.96. The maximum Gasteiger partial charge on any atom is 0.221 e. The molecule has 28 heavy (non-hydrogen) atoms. The molecule has 0 radical (unpaired) electrons. The standard InChI is InChI=1S/C21H24N4O.2ClH/c26-21(12-18-7-4-10-22-18)23-13-16-5-3-6-17(11-16)14-25-15-24-19-8-1-2-9-20(19)25;;/h1-3,5-6,8-9,11,15,18,22H,4,7,10,12-14H2,(H,23,26);2*1H. The van der Waals surface area contributed by atoms with Gasteiger partial charge in [-0.15, -0.1) is 24.8 Å². The van der Waals surface area contributed by atoms with E-state index in [1.54, 1.807) is 0 Å². The Labute approximate surface area is 177 Å². The largest absolute Gasteiger partial charge is 0.352 e. The van der Waals surface area contributed by atoms with E-state index in [-0.39, 0.29) is 30.7 Å². The highest BCUT2D eigenvalue weighted by atomic mass is 35.5. The van der Waals surface area contributed by atoms with Gasteiger partial charge in [0.25, 0.3) is 0 Å². The minimum Gasteiger partial charge on any atom is -0.352 e. The van der Waals surface area contributed by atoms with E-state index in [1.165, 1.54) is 12.0 Å². The highest BCUT2D eigenvalue weighted by Gasteiger charge is 2.17. The van der Waals surface area contributed by atoms with Gasteiger partial charge >= 0.3 is 0 Å². The number of amides is 1. The second kappa shape index (κ2) is 10.5. The van der Waals surface area contributed by atoms with Crippen LogP contribution in [0.15, 0.2) is 54.9 Å². The summed E-state index contributed by atoms with van der Waals surface area (Å²) < 4.78 is 2.15. The number of nitrogens with zero attached hydrogens (tertiary/aromatic N) is 2. The van der Waals surface area contributed by atoms with E-state index in [9.17, 15) is 4.79 Å². The topological polar surface area (TPSA) is 59.0 Å². The van der Waals surface area contributed by atoms with Gasteiger partial charge in [0.2, 0.25) is 5.91 Å². The summed E-state index contributed by atoms with van der Waals surface area (Å²) >= 11 is 0. The highest BCUT2D eigenvalue weighted by Crippen LogP contribution is 2.15. The van der Waals surface area contributed by atoms with Crippen LogP contribution in [-0.4, -0.2) is 28.0 Å². The van der Waals surface area contributed by atoms with Crippen molar-refractivity contribution in [2.75, 3.05) is 6.54 Å². The Hall–Kier alpha value is -2.08. The summed E-state index contributed by atoms with van der Waals surface area (Å²) in [7, 11) is 0. The average molecular weight is 421 g/mol. The molecular formula is C21H26Cl2N4O. The van der Waals surface area contributed by atoms with Gasteiger partial charge < -0.3 is 15.2 Å². The molecule has 2 heterocycles. The summed E-state index contributed by atoms with van der Waals surface area (Å²) in [6.07, 6.45) is 4.72. The first-order valence-corrected chi connectivity index (χ1v) is 9.26. The molecule has 3 aromatic rings. The number of imidazole rings is 1. The molecule has 0 aliphatic carbocycles. The number of halogens is 2. The number of carbonyl (C=O) groups is 1. The fraction of sp³-hybridized carbons (Fsp3) is 0.333. The summed E-state index contributed by atoms with van der Waals surface area (Å²) in [5.74, 6) is 0.121. The number of fused-ring (bicyclic) bond motifs is 1. The van der Waals surface area contributed by atoms with Gasteiger partial charge in [-0.2, -0.15) is 0 Å². The summed E-state index contributed by atoms with van der Waals surface area (Å²) in [6.45, 7) is 2.38. The third-order valence-electron chi connectivity index (χ3n) is 4.96. The Bertz CT molecular complexity index is 906. The Morgan fingerprint density at radius 2 is 1.96 bits per heavy atom. The van der Waals surface area contributed by atoms with Crippen LogP contribution < -0.4 is 10.6 Å². The van der Waals surface area contributed by atoms with Crippen LogP contribution in [0.1, 0.15) is 30.4 Å². The lowest BCUT2D eigenvalue weighted by molar-refractivity contribution is -0.121. The number of para-hydroxylation sites is 2. The smallest absolute Gasteiger partial charge is 0.221 e. The molecule has 1 aliphatic rings. The predicted octanol–water partition coefficient (Wildman–Crippen LogP) is 3.69. The van der Waals surface area contributed by atoms with Gasteiger partial charge in [0.1, 0.15) is 0 Å². The molecule has 1 unspecified atom stereocenters. The highest BCUT2D eigenvalue weighted by molar-refractivity contribution is 5.85. The minimum absolute atomic E-state index is 0. The van der Waals surface area contributed by atoms with Gasteiger partial charge in [-0.3, -0.25) is 4.79 Å². The molecule has 0 saturated carbocycles. The van der Waals surface area contributed by atoms with Crippen LogP contribution in [0.5, 0.6) is 0 Å². The normalized spacial score (nSPS) is 15.6. The lowest BCUT2D eigenvalue weighted by Crippen LogP contribution is -2.31. The molecule has 4 rings (SSSR count). The van der Waals surface area contributed by atoms with Crippen LogP contribution in [0.2, 0.25) is 0 Å². The monoisotopic (exact) mass is 420 g/mol. The maximum atomic E-state index is 12.1. The van der Waals surface area contributed by atoms with Gasteiger partial charge in [-0.25, -0.2) is 4.98 Å². The molecule has 2 aromatic carbocycles. The van der Waals surface area contributed by atoms with Crippen molar-refractivity contribution in [1.82, 2.24) is 20.2 Å². The van der Waals surface area contributed by atoms with E-state index in [0.29, 0.717) is 19.0 Å². The number of hydrogen-bond acceptors (Lipinski definition) is 3. The first kappa shape index (κ1) is 22.2. The van der Waals surface area contributed by atoms with E-state index in [0.717, 1.165) is 36.1 Å². The van der Waals surface area contributed by atoms with Crippen LogP contribution in [0, 0.1) is 0 Å². The summed E-state index contributed by atoms with van der Waals surface area (Å²) in [4.78, 5) is 16.5. The van der Waals surface area contributed by atoms with Crippen LogP contribution in [0.25, 0.3) is 11.0 Å². The molecule has 1 atom stereocenters. The fourth-order valence-electron chi connectivity index (χ4n) is 3.60. The molecule has 1 amide bonds. The second-order valence-electron chi connectivity index (χ2n) is 6.96. The van der Waals surface area contributed by atoms with Gasteiger partial charge in [0.05, 0.1) is 17.4 Å². The molecule has 2 N–H and O–H groups in total. The Morgan fingerprint density at radius 3 is 2.79 bits per heavy atom. The van der Waals surface area contributed by atoms with Crippen molar-refractivity contribution in [2.45, 2.75) is 38.4 Å². The van der Waals surface area contributed by atoms with E-state index in [2.05, 4.69) is 50.5 Å². The average Bonchev–Trinajstić information content (AvgIpc) is 3.31. The number of carbonyl (C=O) groups excluding carboxylic acids is 1. The van der Waals surface area contributed by atoms with Gasteiger partial charge in [-0.05, 0) is 42.6 Å². The predicted molar refractivity (Wildman–Crippen MR) is 117 cm³/mol. The van der Waals surface area contributed by atoms with Crippen molar-refractivity contribution >= 4 is 41.8 Å². The lowest BCUT2D eigenvalue weighted by atomic mass is 10.1. The fourth-order valence-corrected chi connectivity index (χ4v) is 3.60. The number of nitrogens with one attached hydrogen (secondary N) is 2. The van der Waals surface area contributed by atoms with Crippen LogP contribution in [0.4, 0.5) is 0 Å². The van der Waals surface area contributed by atoms with Crippen LogP contribution in [0.3, 0.4) is 0 Å². The van der Waals surface area contributed by atoms with Gasteiger partial charge in [0, 0.05) is 25.6 Å². The summed E-state index contributed by atoms with van der Waals surface area (Å²) in [6, 6.07) is 16.9. The van der Waals surface area contributed by atoms with Crippen molar-refractivity contribution in [2.24, 2.45) is 0 Å². The zero-order chi connectivity index (χ0) is 17.8. The zero-order valence-electron chi connectivity index (χ0n) is 15.6. The molecule has 1 aromatic heterocycles. The lowest BCUT2D eigenvalue weighted by Gasteiger charge is -2.11. The second-order valence-corrected chi connectivity index (χ2v) is 6.96. The Kier molecular flexibility index (Phi) is 8.30.